The number of ether oxygens (including phenoxy) is 1. The molecule has 0 aliphatic heterocycles. The fourth-order valence-electron chi connectivity index (χ4n) is 2.51. The Bertz CT molecular complexity index is 888. The lowest BCUT2D eigenvalue weighted by Crippen LogP contribution is -2.34. The Morgan fingerprint density at radius 3 is 2.64 bits per heavy atom. The van der Waals surface area contributed by atoms with Crippen LogP contribution in [0.5, 0.6) is 5.75 Å². The minimum absolute atomic E-state index is 0.00861. The van der Waals surface area contributed by atoms with Crippen LogP contribution < -0.4 is 15.8 Å². The normalized spacial score (nSPS) is 14.4. The summed E-state index contributed by atoms with van der Waals surface area (Å²) in [5.41, 5.74) is 5.95. The fraction of sp³-hybridized carbons (Fsp3) is 0.389. The van der Waals surface area contributed by atoms with Crippen LogP contribution in [-0.2, 0) is 18.1 Å². The Labute approximate surface area is 164 Å². The van der Waals surface area contributed by atoms with Crippen LogP contribution >= 0.6 is 0 Å². The van der Waals surface area contributed by atoms with Gasteiger partial charge in [0, 0.05) is 31.0 Å². The van der Waals surface area contributed by atoms with Gasteiger partial charge in [0.15, 0.2) is 23.1 Å². The second kappa shape index (κ2) is 9.26. The van der Waals surface area contributed by atoms with E-state index in [2.05, 4.69) is 5.32 Å². The molecule has 0 spiro atoms. The van der Waals surface area contributed by atoms with E-state index >= 15 is 0 Å². The first-order valence-electron chi connectivity index (χ1n) is 8.59. The molecule has 2 aromatic rings. The predicted octanol–water partition coefficient (Wildman–Crippen LogP) is 2.55. The number of rotatable bonds is 8. The van der Waals surface area contributed by atoms with Gasteiger partial charge in [0.25, 0.3) is 5.91 Å². The van der Waals surface area contributed by atoms with Crippen molar-refractivity contribution in [3.05, 3.63) is 41.7 Å². The molecular formula is C18H22F2N3O4S-. The van der Waals surface area contributed by atoms with Crippen LogP contribution in [0.15, 0.2) is 29.3 Å². The lowest BCUT2D eigenvalue weighted by molar-refractivity contribution is 0.101. The van der Waals surface area contributed by atoms with Gasteiger partial charge in [-0.25, -0.2) is 8.78 Å². The molecule has 0 aliphatic rings. The standard InChI is InChI=1S/C18H23F2N3O4S/c1-4-10(2)14(21)9-27-17-15(28(25)26)8-23(3)16(17)18(24)22-11-5-6-12(19)13(20)7-11/h5-8,10,14H,4,9,21H2,1-3H3,(H,22,24)(H,25,26)/p-1/t10-,14+/m0/s1. The Balaban J connectivity index is 2.32. The molecule has 154 valence electrons. The van der Waals surface area contributed by atoms with Gasteiger partial charge >= 0.3 is 0 Å². The highest BCUT2D eigenvalue weighted by Gasteiger charge is 2.24. The van der Waals surface area contributed by atoms with Crippen LogP contribution in [0, 0.1) is 17.6 Å². The quantitative estimate of drug-likeness (QED) is 0.645. The van der Waals surface area contributed by atoms with Gasteiger partial charge in [0.1, 0.15) is 6.61 Å². The molecule has 3 atom stereocenters. The molecule has 0 aliphatic carbocycles. The van der Waals surface area contributed by atoms with Crippen LogP contribution in [-0.4, -0.2) is 31.9 Å². The minimum Gasteiger partial charge on any atom is -0.768 e. The Kier molecular flexibility index (Phi) is 7.28. The molecule has 0 saturated heterocycles. The number of nitrogens with two attached hydrogens (primary N) is 1. The fourth-order valence-corrected chi connectivity index (χ4v) is 3.06. The van der Waals surface area contributed by atoms with Crippen LogP contribution in [0.3, 0.4) is 0 Å². The maximum atomic E-state index is 13.4. The zero-order valence-electron chi connectivity index (χ0n) is 15.7. The molecule has 0 radical (unpaired) electrons. The van der Waals surface area contributed by atoms with Gasteiger partial charge in [-0.2, -0.15) is 0 Å². The second-order valence-electron chi connectivity index (χ2n) is 6.46. The number of carbonyl (C=O) groups excluding carboxylic acids is 1. The maximum absolute atomic E-state index is 13.4. The number of aryl methyl sites for hydroxylation is 1. The summed E-state index contributed by atoms with van der Waals surface area (Å²) in [4.78, 5) is 12.5. The first-order chi connectivity index (χ1) is 13.1. The first kappa shape index (κ1) is 22.0. The zero-order valence-corrected chi connectivity index (χ0v) is 16.5. The van der Waals surface area contributed by atoms with Gasteiger partial charge in [0.2, 0.25) is 0 Å². The summed E-state index contributed by atoms with van der Waals surface area (Å²) in [7, 11) is 1.47. The third kappa shape index (κ3) is 4.94. The Morgan fingerprint density at radius 2 is 2.07 bits per heavy atom. The monoisotopic (exact) mass is 414 g/mol. The van der Waals surface area contributed by atoms with Gasteiger partial charge in [0.05, 0.1) is 4.90 Å². The molecule has 0 bridgehead atoms. The number of carbonyl (C=O) groups is 1. The van der Waals surface area contributed by atoms with Gasteiger partial charge in [-0.15, -0.1) is 0 Å². The van der Waals surface area contributed by atoms with E-state index in [4.69, 9.17) is 10.5 Å². The number of halogens is 2. The summed E-state index contributed by atoms with van der Waals surface area (Å²) in [6, 6.07) is 2.52. The van der Waals surface area contributed by atoms with Crippen LogP contribution in [0.4, 0.5) is 14.5 Å². The van der Waals surface area contributed by atoms with E-state index in [1.54, 1.807) is 0 Å². The Morgan fingerprint density at radius 1 is 1.39 bits per heavy atom. The molecule has 0 saturated carbocycles. The van der Waals surface area contributed by atoms with Gasteiger partial charge in [-0.05, 0) is 29.1 Å². The number of nitrogens with one attached hydrogen (secondary N) is 1. The van der Waals surface area contributed by atoms with E-state index in [9.17, 15) is 22.3 Å². The summed E-state index contributed by atoms with van der Waals surface area (Å²) in [5.74, 6) is -2.93. The van der Waals surface area contributed by atoms with Crippen molar-refractivity contribution in [1.29, 1.82) is 0 Å². The van der Waals surface area contributed by atoms with Crippen molar-refractivity contribution in [3.63, 3.8) is 0 Å². The summed E-state index contributed by atoms with van der Waals surface area (Å²) >= 11 is -2.65. The van der Waals surface area contributed by atoms with Crippen LogP contribution in [0.25, 0.3) is 0 Å². The smallest absolute Gasteiger partial charge is 0.276 e. The van der Waals surface area contributed by atoms with E-state index in [-0.39, 0.29) is 40.6 Å². The summed E-state index contributed by atoms with van der Waals surface area (Å²) < 4.78 is 56.4. The molecule has 1 aromatic heterocycles. The van der Waals surface area contributed by atoms with Crippen LogP contribution in [0.1, 0.15) is 30.8 Å². The highest BCUT2D eigenvalue weighted by atomic mass is 32.2. The lowest BCUT2D eigenvalue weighted by atomic mass is 10.0. The van der Waals surface area contributed by atoms with E-state index in [0.717, 1.165) is 18.6 Å². The van der Waals surface area contributed by atoms with Crippen molar-refractivity contribution in [1.82, 2.24) is 4.57 Å². The van der Waals surface area contributed by atoms with Gasteiger partial charge < -0.3 is 24.9 Å². The predicted molar refractivity (Wildman–Crippen MR) is 99.8 cm³/mol. The third-order valence-electron chi connectivity index (χ3n) is 4.47. The number of amides is 1. The van der Waals surface area contributed by atoms with Crippen molar-refractivity contribution < 1.29 is 27.1 Å². The van der Waals surface area contributed by atoms with Gasteiger partial charge in [-0.3, -0.25) is 9.00 Å². The summed E-state index contributed by atoms with van der Waals surface area (Å²) in [6.45, 7) is 3.91. The molecule has 2 rings (SSSR count). The topological polar surface area (TPSA) is 109 Å². The van der Waals surface area contributed by atoms with Gasteiger partial charge in [-0.1, -0.05) is 20.3 Å². The third-order valence-corrected chi connectivity index (χ3v) is 5.12. The number of benzene rings is 1. The zero-order chi connectivity index (χ0) is 21.0. The Hall–Kier alpha value is -2.30. The van der Waals surface area contributed by atoms with Crippen molar-refractivity contribution >= 4 is 22.7 Å². The molecule has 1 aromatic carbocycles. The number of hydrogen-bond acceptors (Lipinski definition) is 5. The average molecular weight is 414 g/mol. The van der Waals surface area contributed by atoms with Crippen molar-refractivity contribution in [2.24, 2.45) is 18.7 Å². The van der Waals surface area contributed by atoms with E-state index in [0.29, 0.717) is 0 Å². The molecule has 1 unspecified atom stereocenters. The highest BCUT2D eigenvalue weighted by molar-refractivity contribution is 7.79. The molecule has 28 heavy (non-hydrogen) atoms. The largest absolute Gasteiger partial charge is 0.768 e. The first-order valence-corrected chi connectivity index (χ1v) is 9.66. The van der Waals surface area contributed by atoms with E-state index in [1.165, 1.54) is 23.9 Å². The number of nitrogens with zero attached hydrogens (tertiary/aromatic N) is 1. The highest BCUT2D eigenvalue weighted by Crippen LogP contribution is 2.30. The molecule has 3 N–H and O–H groups in total. The minimum atomic E-state index is -2.65. The second-order valence-corrected chi connectivity index (χ2v) is 7.37. The SMILES string of the molecule is CC[C@H](C)[C@H](N)COc1c(S(=O)[O-])cn(C)c1C(=O)Nc1ccc(F)c(F)c1. The van der Waals surface area contributed by atoms with E-state index < -0.39 is 28.6 Å². The lowest BCUT2D eigenvalue weighted by Gasteiger charge is -2.20. The maximum Gasteiger partial charge on any atom is 0.276 e. The van der Waals surface area contributed by atoms with Crippen molar-refractivity contribution in [3.8, 4) is 5.75 Å². The summed E-state index contributed by atoms with van der Waals surface area (Å²) in [5, 5.41) is 2.40. The molecule has 7 nitrogen and oxygen atoms in total. The van der Waals surface area contributed by atoms with Crippen molar-refractivity contribution in [2.45, 2.75) is 31.2 Å². The molecule has 1 amide bonds. The van der Waals surface area contributed by atoms with Crippen LogP contribution in [0.2, 0.25) is 0 Å². The average Bonchev–Trinajstić information content (AvgIpc) is 2.98. The molecule has 0 fully saturated rings. The molecular weight excluding hydrogens is 392 g/mol. The molecule has 10 heteroatoms. The molecule has 1 heterocycles. The number of aromatic nitrogens is 1. The number of anilines is 1. The summed E-state index contributed by atoms with van der Waals surface area (Å²) in [6.07, 6.45) is 2.04. The number of hydrogen-bond donors (Lipinski definition) is 2. The van der Waals surface area contributed by atoms with E-state index in [1.807, 2.05) is 13.8 Å². The van der Waals surface area contributed by atoms with Crippen molar-refractivity contribution in [2.75, 3.05) is 11.9 Å².